The number of aliphatic hydroxyl groups is 1. The van der Waals surface area contributed by atoms with Gasteiger partial charge in [-0.25, -0.2) is 0 Å². The Hall–Kier alpha value is -0.530. The summed E-state index contributed by atoms with van der Waals surface area (Å²) in [6.07, 6.45) is 0.366. The van der Waals surface area contributed by atoms with Crippen molar-refractivity contribution in [3.8, 4) is 0 Å². The Bertz CT molecular complexity index is 442. The van der Waals surface area contributed by atoms with Gasteiger partial charge in [0.15, 0.2) is 0 Å². The summed E-state index contributed by atoms with van der Waals surface area (Å²) in [7, 11) is 1.54. The van der Waals surface area contributed by atoms with Gasteiger partial charge in [0, 0.05) is 10.6 Å². The predicted octanol–water partition coefficient (Wildman–Crippen LogP) is 2.59. The zero-order valence-electron chi connectivity index (χ0n) is 10.3. The summed E-state index contributed by atoms with van der Waals surface area (Å²) in [4.78, 5) is 11.4. The van der Waals surface area contributed by atoms with Crippen LogP contribution in [0.1, 0.15) is 19.8 Å². The van der Waals surface area contributed by atoms with Gasteiger partial charge >= 0.3 is 0 Å². The number of benzene rings is 1. The molecule has 0 fully saturated rings. The van der Waals surface area contributed by atoms with Crippen molar-refractivity contribution in [1.82, 2.24) is 5.32 Å². The number of carbonyl (C=O) groups excluding carboxylic acids is 1. The number of hydrogen-bond donors (Lipinski definition) is 3. The minimum Gasteiger partial charge on any atom is -0.371 e. The molecule has 1 atom stereocenters. The van der Waals surface area contributed by atoms with Crippen LogP contribution in [0, 0.1) is 3.57 Å². The monoisotopic (exact) mass is 382 g/mol. The van der Waals surface area contributed by atoms with Crippen LogP contribution in [0.3, 0.4) is 0 Å². The van der Waals surface area contributed by atoms with E-state index in [1.54, 1.807) is 19.1 Å². The Morgan fingerprint density at radius 3 is 2.72 bits per heavy atom. The van der Waals surface area contributed by atoms with Gasteiger partial charge in [0.2, 0.25) is 5.91 Å². The van der Waals surface area contributed by atoms with E-state index in [1.165, 1.54) is 7.05 Å². The van der Waals surface area contributed by atoms with Crippen molar-refractivity contribution in [2.24, 2.45) is 0 Å². The third-order valence-electron chi connectivity index (χ3n) is 2.62. The van der Waals surface area contributed by atoms with Crippen molar-refractivity contribution in [3.05, 3.63) is 26.8 Å². The molecule has 4 nitrogen and oxygen atoms in total. The number of rotatable bonds is 5. The third kappa shape index (κ3) is 4.29. The lowest BCUT2D eigenvalue weighted by molar-refractivity contribution is -0.124. The average molecular weight is 383 g/mol. The van der Waals surface area contributed by atoms with Crippen molar-refractivity contribution >= 4 is 45.8 Å². The van der Waals surface area contributed by atoms with Crippen LogP contribution in [-0.4, -0.2) is 23.8 Å². The fraction of sp³-hybridized carbons (Fsp3) is 0.417. The van der Waals surface area contributed by atoms with Crippen LogP contribution in [0.4, 0.5) is 5.69 Å². The molecule has 0 radical (unpaired) electrons. The van der Waals surface area contributed by atoms with Gasteiger partial charge in [0.05, 0.1) is 17.1 Å². The first kappa shape index (κ1) is 15.5. The number of halogens is 2. The highest BCUT2D eigenvalue weighted by molar-refractivity contribution is 14.1. The van der Waals surface area contributed by atoms with Gasteiger partial charge < -0.3 is 15.7 Å². The molecule has 3 N–H and O–H groups in total. The molecule has 0 aliphatic rings. The highest BCUT2D eigenvalue weighted by Crippen LogP contribution is 2.28. The first-order valence-electron chi connectivity index (χ1n) is 5.56. The molecule has 1 aromatic rings. The molecular weight excluding hydrogens is 367 g/mol. The second kappa shape index (κ2) is 6.58. The van der Waals surface area contributed by atoms with E-state index in [-0.39, 0.29) is 12.3 Å². The lowest BCUT2D eigenvalue weighted by Crippen LogP contribution is -2.42. The van der Waals surface area contributed by atoms with Crippen molar-refractivity contribution in [2.75, 3.05) is 12.4 Å². The Labute approximate surface area is 125 Å². The van der Waals surface area contributed by atoms with Crippen molar-refractivity contribution in [2.45, 2.75) is 25.5 Å². The van der Waals surface area contributed by atoms with Crippen molar-refractivity contribution in [3.63, 3.8) is 0 Å². The Balaban J connectivity index is 2.87. The maximum atomic E-state index is 11.4. The summed E-state index contributed by atoms with van der Waals surface area (Å²) in [5.74, 6) is -0.228. The highest BCUT2D eigenvalue weighted by atomic mass is 127. The lowest BCUT2D eigenvalue weighted by Gasteiger charge is -2.29. The molecule has 0 unspecified atom stereocenters. The third-order valence-corrected chi connectivity index (χ3v) is 3.60. The fourth-order valence-corrected chi connectivity index (χ4v) is 2.36. The van der Waals surface area contributed by atoms with Gasteiger partial charge in [-0.05, 0) is 47.2 Å². The molecule has 0 spiro atoms. The van der Waals surface area contributed by atoms with Gasteiger partial charge in [0.25, 0.3) is 0 Å². The molecule has 0 saturated carbocycles. The SMILES string of the molecule is CC[C@@](O)(CC(=O)NC)Nc1ccc(I)cc1Cl. The zero-order chi connectivity index (χ0) is 13.8. The normalized spacial score (nSPS) is 13.8. The summed E-state index contributed by atoms with van der Waals surface area (Å²) < 4.78 is 1.01. The number of nitrogens with one attached hydrogen (secondary N) is 2. The smallest absolute Gasteiger partial charge is 0.224 e. The van der Waals surface area contributed by atoms with E-state index < -0.39 is 5.72 Å². The molecule has 0 bridgehead atoms. The van der Waals surface area contributed by atoms with E-state index in [2.05, 4.69) is 33.2 Å². The quantitative estimate of drug-likeness (QED) is 0.542. The van der Waals surface area contributed by atoms with Gasteiger partial charge in [-0.2, -0.15) is 0 Å². The summed E-state index contributed by atoms with van der Waals surface area (Å²) in [5.41, 5.74) is -0.679. The Morgan fingerprint density at radius 2 is 2.22 bits per heavy atom. The van der Waals surface area contributed by atoms with E-state index in [9.17, 15) is 9.90 Å². The van der Waals surface area contributed by atoms with Crippen molar-refractivity contribution in [1.29, 1.82) is 0 Å². The van der Waals surface area contributed by atoms with Crippen LogP contribution in [0.2, 0.25) is 5.02 Å². The van der Waals surface area contributed by atoms with Crippen LogP contribution in [0.25, 0.3) is 0 Å². The Kier molecular flexibility index (Phi) is 5.68. The second-order valence-corrected chi connectivity index (χ2v) is 5.64. The fourth-order valence-electron chi connectivity index (χ4n) is 1.45. The summed E-state index contributed by atoms with van der Waals surface area (Å²) in [6, 6.07) is 5.46. The van der Waals surface area contributed by atoms with Crippen molar-refractivity contribution < 1.29 is 9.90 Å². The predicted molar refractivity (Wildman–Crippen MR) is 81.7 cm³/mol. The van der Waals surface area contributed by atoms with Gasteiger partial charge in [-0.1, -0.05) is 18.5 Å². The number of amides is 1. The number of anilines is 1. The van der Waals surface area contributed by atoms with Gasteiger partial charge in [-0.15, -0.1) is 0 Å². The number of carbonyl (C=O) groups is 1. The lowest BCUT2D eigenvalue weighted by atomic mass is 10.1. The molecule has 1 amide bonds. The molecule has 0 saturated heterocycles. The van der Waals surface area contributed by atoms with Crippen LogP contribution >= 0.6 is 34.2 Å². The highest BCUT2D eigenvalue weighted by Gasteiger charge is 2.28. The van der Waals surface area contributed by atoms with Gasteiger partial charge in [-0.3, -0.25) is 4.79 Å². The maximum Gasteiger partial charge on any atom is 0.224 e. The molecule has 0 heterocycles. The standard InChI is InChI=1S/C12H16ClIN2O2/c1-3-12(18,7-11(17)15-2)16-10-5-4-8(14)6-9(10)13/h4-6,16,18H,3,7H2,1-2H3,(H,15,17)/t12-/m1/s1. The van der Waals surface area contributed by atoms with Crippen LogP contribution in [-0.2, 0) is 4.79 Å². The summed E-state index contributed by atoms with van der Waals surface area (Å²) >= 11 is 8.24. The van der Waals surface area contributed by atoms with E-state index >= 15 is 0 Å². The molecule has 6 heteroatoms. The Morgan fingerprint density at radius 1 is 1.56 bits per heavy atom. The summed E-state index contributed by atoms with van der Waals surface area (Å²) in [5, 5.41) is 16.3. The average Bonchev–Trinajstić information content (AvgIpc) is 2.33. The maximum absolute atomic E-state index is 11.4. The minimum absolute atomic E-state index is 0.0255. The first-order chi connectivity index (χ1) is 8.40. The second-order valence-electron chi connectivity index (χ2n) is 3.98. The molecule has 1 rings (SSSR count). The van der Waals surface area contributed by atoms with E-state index in [1.807, 2.05) is 6.07 Å². The molecular formula is C12H16ClIN2O2. The molecule has 0 aromatic heterocycles. The zero-order valence-corrected chi connectivity index (χ0v) is 13.2. The molecule has 1 aromatic carbocycles. The topological polar surface area (TPSA) is 61.4 Å². The first-order valence-corrected chi connectivity index (χ1v) is 7.02. The summed E-state index contributed by atoms with van der Waals surface area (Å²) in [6.45, 7) is 1.80. The van der Waals surface area contributed by atoms with E-state index in [0.29, 0.717) is 17.1 Å². The minimum atomic E-state index is -1.30. The van der Waals surface area contributed by atoms with E-state index in [4.69, 9.17) is 11.6 Å². The molecule has 0 aliphatic carbocycles. The molecule has 18 heavy (non-hydrogen) atoms. The van der Waals surface area contributed by atoms with Gasteiger partial charge in [0.1, 0.15) is 5.72 Å². The molecule has 100 valence electrons. The van der Waals surface area contributed by atoms with Crippen LogP contribution in [0.5, 0.6) is 0 Å². The van der Waals surface area contributed by atoms with Crippen LogP contribution < -0.4 is 10.6 Å². The number of hydrogen-bond acceptors (Lipinski definition) is 3. The van der Waals surface area contributed by atoms with Crippen LogP contribution in [0.15, 0.2) is 18.2 Å². The van der Waals surface area contributed by atoms with E-state index in [0.717, 1.165) is 3.57 Å². The largest absolute Gasteiger partial charge is 0.371 e. The molecule has 0 aliphatic heterocycles.